The third-order valence-electron chi connectivity index (χ3n) is 4.50. The van der Waals surface area contributed by atoms with Crippen molar-refractivity contribution in [3.8, 4) is 6.07 Å². The molecule has 5 nitrogen and oxygen atoms in total. The molecule has 3 aromatic rings. The van der Waals surface area contributed by atoms with E-state index in [1.807, 2.05) is 36.5 Å². The van der Waals surface area contributed by atoms with E-state index in [2.05, 4.69) is 31.9 Å². The lowest BCUT2D eigenvalue weighted by atomic mass is 10.1. The molecule has 25 heavy (non-hydrogen) atoms. The summed E-state index contributed by atoms with van der Waals surface area (Å²) in [5.74, 6) is 0.921. The van der Waals surface area contributed by atoms with Crippen molar-refractivity contribution in [3.63, 3.8) is 0 Å². The molecule has 1 fully saturated rings. The van der Waals surface area contributed by atoms with Gasteiger partial charge in [-0.1, -0.05) is 11.6 Å². The van der Waals surface area contributed by atoms with Gasteiger partial charge >= 0.3 is 0 Å². The zero-order chi connectivity index (χ0) is 17.2. The van der Waals surface area contributed by atoms with Crippen molar-refractivity contribution >= 4 is 34.0 Å². The molecular formula is C19H16ClN5. The summed E-state index contributed by atoms with van der Waals surface area (Å²) in [6, 6.07) is 13.7. The first kappa shape index (κ1) is 15.7. The maximum absolute atomic E-state index is 8.88. The average molecular weight is 350 g/mol. The molecule has 3 heterocycles. The molecule has 0 atom stereocenters. The van der Waals surface area contributed by atoms with Crippen LogP contribution in [0.1, 0.15) is 5.56 Å². The van der Waals surface area contributed by atoms with Crippen molar-refractivity contribution in [2.24, 2.45) is 0 Å². The molecule has 2 aromatic heterocycles. The first-order valence-corrected chi connectivity index (χ1v) is 8.53. The van der Waals surface area contributed by atoms with Crippen LogP contribution in [0.25, 0.3) is 10.9 Å². The van der Waals surface area contributed by atoms with Crippen LogP contribution in [0.3, 0.4) is 0 Å². The number of nitriles is 1. The molecular weight excluding hydrogens is 334 g/mol. The van der Waals surface area contributed by atoms with Gasteiger partial charge in [-0.05, 0) is 36.4 Å². The number of pyridine rings is 2. The Morgan fingerprint density at radius 3 is 2.48 bits per heavy atom. The number of fused-ring (bicyclic) bond motifs is 1. The monoisotopic (exact) mass is 349 g/mol. The highest BCUT2D eigenvalue weighted by Crippen LogP contribution is 2.28. The van der Waals surface area contributed by atoms with Crippen LogP contribution in [0, 0.1) is 11.3 Å². The summed E-state index contributed by atoms with van der Waals surface area (Å²) in [5.41, 5.74) is 2.69. The number of rotatable bonds is 2. The van der Waals surface area contributed by atoms with Crippen molar-refractivity contribution < 1.29 is 0 Å². The second-order valence-corrected chi connectivity index (χ2v) is 6.42. The Kier molecular flexibility index (Phi) is 4.12. The smallest absolute Gasteiger partial charge is 0.128 e. The lowest BCUT2D eigenvalue weighted by Crippen LogP contribution is -2.46. The number of hydrogen-bond donors (Lipinski definition) is 0. The van der Waals surface area contributed by atoms with Crippen LogP contribution in [0.4, 0.5) is 11.5 Å². The zero-order valence-corrected chi connectivity index (χ0v) is 14.3. The summed E-state index contributed by atoms with van der Waals surface area (Å²) in [7, 11) is 0. The second kappa shape index (κ2) is 6.58. The Labute approximate surface area is 151 Å². The fourth-order valence-corrected chi connectivity index (χ4v) is 3.36. The van der Waals surface area contributed by atoms with Crippen LogP contribution in [0.15, 0.2) is 48.8 Å². The largest absolute Gasteiger partial charge is 0.367 e. The number of benzene rings is 1. The normalized spacial score (nSPS) is 14.6. The van der Waals surface area contributed by atoms with Gasteiger partial charge in [0, 0.05) is 54.7 Å². The molecule has 4 rings (SSSR count). The molecule has 0 radical (unpaired) electrons. The van der Waals surface area contributed by atoms with Gasteiger partial charge in [0.15, 0.2) is 0 Å². The van der Waals surface area contributed by atoms with Crippen LogP contribution in [-0.2, 0) is 0 Å². The molecule has 0 spiro atoms. The van der Waals surface area contributed by atoms with Crippen molar-refractivity contribution in [2.75, 3.05) is 36.0 Å². The predicted molar refractivity (Wildman–Crippen MR) is 100 cm³/mol. The minimum Gasteiger partial charge on any atom is -0.367 e. The molecule has 0 saturated carbocycles. The van der Waals surface area contributed by atoms with Crippen molar-refractivity contribution in [1.29, 1.82) is 5.26 Å². The molecule has 1 saturated heterocycles. The summed E-state index contributed by atoms with van der Waals surface area (Å²) in [6.45, 7) is 3.58. The number of hydrogen-bond acceptors (Lipinski definition) is 5. The van der Waals surface area contributed by atoms with Crippen LogP contribution >= 0.6 is 11.6 Å². The lowest BCUT2D eigenvalue weighted by molar-refractivity contribution is 0.649. The number of nitrogens with zero attached hydrogens (tertiary/aromatic N) is 5. The summed E-state index contributed by atoms with van der Waals surface area (Å²) in [5, 5.41) is 10.7. The first-order valence-electron chi connectivity index (χ1n) is 8.15. The summed E-state index contributed by atoms with van der Waals surface area (Å²) in [4.78, 5) is 13.4. The Morgan fingerprint density at radius 2 is 1.76 bits per heavy atom. The molecule has 0 N–H and O–H groups in total. The van der Waals surface area contributed by atoms with Gasteiger partial charge in [-0.15, -0.1) is 0 Å². The summed E-state index contributed by atoms with van der Waals surface area (Å²) < 4.78 is 0. The van der Waals surface area contributed by atoms with E-state index in [1.165, 1.54) is 5.69 Å². The summed E-state index contributed by atoms with van der Waals surface area (Å²) >= 11 is 6.08. The van der Waals surface area contributed by atoms with E-state index in [4.69, 9.17) is 16.9 Å². The fourth-order valence-electron chi connectivity index (χ4n) is 3.20. The van der Waals surface area contributed by atoms with Crippen LogP contribution < -0.4 is 9.80 Å². The number of aromatic nitrogens is 2. The maximum Gasteiger partial charge on any atom is 0.128 e. The third kappa shape index (κ3) is 3.09. The van der Waals surface area contributed by atoms with Gasteiger partial charge in [0.1, 0.15) is 11.9 Å². The quantitative estimate of drug-likeness (QED) is 0.709. The van der Waals surface area contributed by atoms with Crippen molar-refractivity contribution in [3.05, 3.63) is 59.4 Å². The topological polar surface area (TPSA) is 56.1 Å². The van der Waals surface area contributed by atoms with E-state index in [9.17, 15) is 0 Å². The van der Waals surface area contributed by atoms with Gasteiger partial charge in [-0.2, -0.15) is 5.26 Å². The maximum atomic E-state index is 8.88. The molecule has 0 amide bonds. The predicted octanol–water partition coefficient (Wildman–Crippen LogP) is 3.48. The van der Waals surface area contributed by atoms with Gasteiger partial charge in [0.2, 0.25) is 0 Å². The fraction of sp³-hybridized carbons (Fsp3) is 0.211. The van der Waals surface area contributed by atoms with E-state index >= 15 is 0 Å². The van der Waals surface area contributed by atoms with Crippen molar-refractivity contribution in [2.45, 2.75) is 0 Å². The minimum absolute atomic E-state index is 0.587. The SMILES string of the molecule is N#Cc1ccc(N2CCN(c3ccnc4cc(Cl)ccc34)CC2)nc1. The molecule has 1 aliphatic rings. The Bertz CT molecular complexity index is 940. The molecule has 0 unspecified atom stereocenters. The molecule has 0 aliphatic carbocycles. The molecule has 124 valence electrons. The molecule has 1 aliphatic heterocycles. The van der Waals surface area contributed by atoms with E-state index < -0.39 is 0 Å². The van der Waals surface area contributed by atoms with Gasteiger partial charge in [-0.25, -0.2) is 4.98 Å². The number of anilines is 2. The zero-order valence-electron chi connectivity index (χ0n) is 13.6. The Balaban J connectivity index is 1.53. The Morgan fingerprint density at radius 1 is 0.960 bits per heavy atom. The Hall–Kier alpha value is -2.84. The lowest BCUT2D eigenvalue weighted by Gasteiger charge is -2.37. The van der Waals surface area contributed by atoms with Crippen LogP contribution in [0.5, 0.6) is 0 Å². The van der Waals surface area contributed by atoms with Crippen molar-refractivity contribution in [1.82, 2.24) is 9.97 Å². The first-order chi connectivity index (χ1) is 12.2. The minimum atomic E-state index is 0.587. The molecule has 1 aromatic carbocycles. The number of piperazine rings is 1. The number of halogens is 1. The third-order valence-corrected chi connectivity index (χ3v) is 4.74. The van der Waals surface area contributed by atoms with E-state index in [0.29, 0.717) is 10.6 Å². The second-order valence-electron chi connectivity index (χ2n) is 5.98. The highest BCUT2D eigenvalue weighted by atomic mass is 35.5. The van der Waals surface area contributed by atoms with Gasteiger partial charge in [-0.3, -0.25) is 4.98 Å². The van der Waals surface area contributed by atoms with Gasteiger partial charge in [0.05, 0.1) is 11.1 Å². The van der Waals surface area contributed by atoms with E-state index in [-0.39, 0.29) is 0 Å². The standard InChI is InChI=1S/C19H16ClN5/c20-15-2-3-16-17(11-15)22-6-5-18(16)24-7-9-25(10-8-24)19-4-1-14(12-21)13-23-19/h1-6,11,13H,7-10H2. The van der Waals surface area contributed by atoms with E-state index in [0.717, 1.165) is 42.9 Å². The van der Waals surface area contributed by atoms with Crippen LogP contribution in [-0.4, -0.2) is 36.1 Å². The highest BCUT2D eigenvalue weighted by Gasteiger charge is 2.19. The highest BCUT2D eigenvalue weighted by molar-refractivity contribution is 6.31. The molecule has 6 heteroatoms. The average Bonchev–Trinajstić information content (AvgIpc) is 2.67. The van der Waals surface area contributed by atoms with Crippen LogP contribution in [0.2, 0.25) is 5.02 Å². The summed E-state index contributed by atoms with van der Waals surface area (Å²) in [6.07, 6.45) is 3.46. The van der Waals surface area contributed by atoms with Gasteiger partial charge in [0.25, 0.3) is 0 Å². The van der Waals surface area contributed by atoms with Gasteiger partial charge < -0.3 is 9.80 Å². The molecule has 0 bridgehead atoms. The van der Waals surface area contributed by atoms with E-state index in [1.54, 1.807) is 6.20 Å².